The van der Waals surface area contributed by atoms with Gasteiger partial charge in [-0.2, -0.15) is 0 Å². The highest BCUT2D eigenvalue weighted by atomic mass is 79.9. The van der Waals surface area contributed by atoms with Crippen LogP contribution in [0.15, 0.2) is 48.5 Å². The van der Waals surface area contributed by atoms with Crippen LogP contribution in [0.25, 0.3) is 11.1 Å². The summed E-state index contributed by atoms with van der Waals surface area (Å²) in [5.41, 5.74) is 6.37. The first-order valence-electron chi connectivity index (χ1n) is 12.8. The Kier molecular flexibility index (Phi) is 4.95. The van der Waals surface area contributed by atoms with Crippen molar-refractivity contribution in [2.75, 3.05) is 0 Å². The Morgan fingerprint density at radius 3 is 2.06 bits per heavy atom. The largest absolute Gasteiger partial charge is 0.0884 e. The minimum Gasteiger partial charge on any atom is -0.0884 e. The zero-order valence-corrected chi connectivity index (χ0v) is 20.9. The Hall–Kier alpha value is -1.08. The Labute approximate surface area is 197 Å². The molecule has 7 unspecified atom stereocenters. The summed E-state index contributed by atoms with van der Waals surface area (Å²) in [5.74, 6) is 5.79. The summed E-state index contributed by atoms with van der Waals surface area (Å²) in [6.45, 7) is 7.83. The molecule has 3 fully saturated rings. The van der Waals surface area contributed by atoms with Gasteiger partial charge in [-0.15, -0.1) is 0 Å². The van der Waals surface area contributed by atoms with Gasteiger partial charge in [0.15, 0.2) is 0 Å². The fraction of sp³-hybridized carbons (Fsp3) is 0.600. The van der Waals surface area contributed by atoms with Crippen molar-refractivity contribution in [3.63, 3.8) is 0 Å². The summed E-state index contributed by atoms with van der Waals surface area (Å²) in [6.07, 6.45) is 8.79. The van der Waals surface area contributed by atoms with Crippen LogP contribution in [0.4, 0.5) is 0 Å². The van der Waals surface area contributed by atoms with Crippen molar-refractivity contribution in [3.8, 4) is 11.1 Å². The number of halogens is 1. The molecule has 164 valence electrons. The summed E-state index contributed by atoms with van der Waals surface area (Å²) in [6, 6.07) is 18.5. The van der Waals surface area contributed by atoms with Gasteiger partial charge in [-0.25, -0.2) is 0 Å². The predicted octanol–water partition coefficient (Wildman–Crippen LogP) is 8.69. The third-order valence-electron chi connectivity index (χ3n) is 10.1. The van der Waals surface area contributed by atoms with Crippen LogP contribution < -0.4 is 0 Å². The summed E-state index contributed by atoms with van der Waals surface area (Å²) >= 11 is 4.29. The van der Waals surface area contributed by atoms with Gasteiger partial charge >= 0.3 is 0 Å². The molecule has 0 nitrogen and oxygen atoms in total. The van der Waals surface area contributed by atoms with Crippen molar-refractivity contribution in [1.29, 1.82) is 0 Å². The second-order valence-electron chi connectivity index (χ2n) is 11.9. The van der Waals surface area contributed by atoms with Crippen LogP contribution >= 0.6 is 15.9 Å². The third kappa shape index (κ3) is 2.98. The smallest absolute Gasteiger partial charge is 0.0207 e. The Morgan fingerprint density at radius 1 is 0.774 bits per heavy atom. The Bertz CT molecular complexity index is 928. The topological polar surface area (TPSA) is 0 Å². The maximum atomic E-state index is 4.29. The van der Waals surface area contributed by atoms with Crippen LogP contribution in [-0.2, 0) is 0 Å². The highest BCUT2D eigenvalue weighted by Gasteiger charge is 2.57. The fourth-order valence-corrected chi connectivity index (χ4v) is 10.5. The van der Waals surface area contributed by atoms with Gasteiger partial charge in [0.25, 0.3) is 0 Å². The highest BCUT2D eigenvalue weighted by molar-refractivity contribution is 9.09. The lowest BCUT2D eigenvalue weighted by Crippen LogP contribution is -2.45. The van der Waals surface area contributed by atoms with E-state index in [1.807, 2.05) is 0 Å². The molecule has 0 heterocycles. The van der Waals surface area contributed by atoms with E-state index in [1.54, 1.807) is 11.1 Å². The molecule has 3 saturated carbocycles. The van der Waals surface area contributed by atoms with Gasteiger partial charge in [-0.1, -0.05) is 104 Å². The molecule has 7 atom stereocenters. The molecule has 1 heteroatoms. The number of fused-ring (bicyclic) bond motifs is 5. The van der Waals surface area contributed by atoms with E-state index in [0.29, 0.717) is 5.92 Å². The Balaban J connectivity index is 1.41. The SMILES string of the molecule is CC1CC2C(Br)C3CCCCC3CC2C1C(C)(C)C1c2ccccc2-c2ccccc21. The second kappa shape index (κ2) is 7.47. The zero-order valence-electron chi connectivity index (χ0n) is 19.4. The molecular formula is C30H37Br. The molecule has 4 aliphatic rings. The van der Waals surface area contributed by atoms with E-state index < -0.39 is 0 Å². The van der Waals surface area contributed by atoms with Crippen molar-refractivity contribution < 1.29 is 0 Å². The van der Waals surface area contributed by atoms with Gasteiger partial charge in [0.05, 0.1) is 0 Å². The van der Waals surface area contributed by atoms with Crippen LogP contribution in [-0.4, -0.2) is 4.83 Å². The maximum Gasteiger partial charge on any atom is 0.0207 e. The first-order chi connectivity index (χ1) is 15.0. The minimum atomic E-state index is 0.260. The number of hydrogen-bond donors (Lipinski definition) is 0. The molecule has 2 aromatic rings. The van der Waals surface area contributed by atoms with E-state index in [1.165, 1.54) is 49.7 Å². The number of alkyl halides is 1. The molecule has 0 radical (unpaired) electrons. The van der Waals surface area contributed by atoms with Gasteiger partial charge in [0, 0.05) is 10.7 Å². The van der Waals surface area contributed by atoms with E-state index in [-0.39, 0.29) is 5.41 Å². The lowest BCUT2D eigenvalue weighted by Gasteiger charge is -2.50. The number of benzene rings is 2. The maximum absolute atomic E-state index is 4.29. The van der Waals surface area contributed by atoms with Gasteiger partial charge in [-0.3, -0.25) is 0 Å². The molecule has 0 aliphatic heterocycles. The monoisotopic (exact) mass is 476 g/mol. The molecular weight excluding hydrogens is 440 g/mol. The van der Waals surface area contributed by atoms with E-state index in [4.69, 9.17) is 0 Å². The minimum absolute atomic E-state index is 0.260. The van der Waals surface area contributed by atoms with Gasteiger partial charge in [0.1, 0.15) is 0 Å². The molecule has 0 aromatic heterocycles. The number of hydrogen-bond acceptors (Lipinski definition) is 0. The molecule has 31 heavy (non-hydrogen) atoms. The second-order valence-corrected chi connectivity index (χ2v) is 12.9. The highest BCUT2D eigenvalue weighted by Crippen LogP contribution is 2.65. The lowest BCUT2D eigenvalue weighted by atomic mass is 9.56. The third-order valence-corrected chi connectivity index (χ3v) is 11.4. The summed E-state index contributed by atoms with van der Waals surface area (Å²) in [7, 11) is 0. The zero-order chi connectivity index (χ0) is 21.3. The van der Waals surface area contributed by atoms with Crippen molar-refractivity contribution in [2.24, 2.45) is 40.9 Å². The lowest BCUT2D eigenvalue weighted by molar-refractivity contribution is 0.0353. The van der Waals surface area contributed by atoms with Crippen molar-refractivity contribution in [3.05, 3.63) is 59.7 Å². The summed E-state index contributed by atoms with van der Waals surface area (Å²) in [5, 5.41) is 0. The molecule has 0 spiro atoms. The van der Waals surface area contributed by atoms with Crippen molar-refractivity contribution >= 4 is 15.9 Å². The molecule has 0 bridgehead atoms. The Morgan fingerprint density at radius 2 is 1.39 bits per heavy atom. The van der Waals surface area contributed by atoms with Crippen LogP contribution in [0.3, 0.4) is 0 Å². The van der Waals surface area contributed by atoms with Gasteiger partial charge in [0.2, 0.25) is 0 Å². The molecule has 2 aromatic carbocycles. The van der Waals surface area contributed by atoms with Gasteiger partial charge < -0.3 is 0 Å². The molecule has 4 aliphatic carbocycles. The average molecular weight is 478 g/mol. The van der Waals surface area contributed by atoms with Gasteiger partial charge in [-0.05, 0) is 82.4 Å². The number of rotatable bonds is 2. The van der Waals surface area contributed by atoms with E-state index >= 15 is 0 Å². The molecule has 0 amide bonds. The first kappa shape index (κ1) is 20.5. The first-order valence-corrected chi connectivity index (χ1v) is 13.7. The van der Waals surface area contributed by atoms with Crippen LogP contribution in [0, 0.1) is 40.9 Å². The predicted molar refractivity (Wildman–Crippen MR) is 135 cm³/mol. The quantitative estimate of drug-likeness (QED) is 0.380. The van der Waals surface area contributed by atoms with E-state index in [9.17, 15) is 0 Å². The molecule has 0 saturated heterocycles. The normalized spacial score (nSPS) is 37.1. The van der Waals surface area contributed by atoms with Crippen LogP contribution in [0.1, 0.15) is 76.3 Å². The van der Waals surface area contributed by atoms with Crippen molar-refractivity contribution in [1.82, 2.24) is 0 Å². The molecule has 0 N–H and O–H groups in total. The average Bonchev–Trinajstić information content (AvgIpc) is 3.29. The standard InChI is InChI=1S/C30H37Br/c1-18-16-26-25(17-19-10-4-5-11-20(19)29(26)31)27(18)30(2,3)28-23-14-8-6-12-21(23)22-13-7-9-15-24(22)28/h6-9,12-15,18-20,25-29H,4-5,10-11,16-17H2,1-3H3. The summed E-state index contributed by atoms with van der Waals surface area (Å²) < 4.78 is 0. The summed E-state index contributed by atoms with van der Waals surface area (Å²) in [4.78, 5) is 0.753. The van der Waals surface area contributed by atoms with Crippen LogP contribution in [0.2, 0.25) is 0 Å². The van der Waals surface area contributed by atoms with Crippen molar-refractivity contribution in [2.45, 2.75) is 70.0 Å². The van der Waals surface area contributed by atoms with E-state index in [0.717, 1.165) is 40.3 Å². The van der Waals surface area contributed by atoms with E-state index in [2.05, 4.69) is 85.2 Å². The molecule has 6 rings (SSSR count). The fourth-order valence-electron chi connectivity index (χ4n) is 9.18. The van der Waals surface area contributed by atoms with Crippen LogP contribution in [0.5, 0.6) is 0 Å².